The lowest BCUT2D eigenvalue weighted by molar-refractivity contribution is 0.450. The maximum atomic E-state index is 11.3. The predicted octanol–water partition coefficient (Wildman–Crippen LogP) is 1.95. The van der Waals surface area contributed by atoms with Crippen LogP contribution in [0.25, 0.3) is 10.9 Å². The number of hydrogen-bond donors (Lipinski definition) is 5. The Hall–Kier alpha value is -2.47. The van der Waals surface area contributed by atoms with Crippen molar-refractivity contribution in [2.24, 2.45) is 0 Å². The normalized spacial score (nSPS) is 16.2. The highest BCUT2D eigenvalue weighted by molar-refractivity contribution is 5.84. The van der Waals surface area contributed by atoms with Crippen molar-refractivity contribution in [3.63, 3.8) is 0 Å². The Morgan fingerprint density at radius 1 is 1.17 bits per heavy atom. The fourth-order valence-electron chi connectivity index (χ4n) is 3.51. The minimum Gasteiger partial charge on any atom is -0.493 e. The molecule has 23 heavy (non-hydrogen) atoms. The zero-order valence-corrected chi connectivity index (χ0v) is 12.8. The van der Waals surface area contributed by atoms with Crippen LogP contribution in [0.15, 0.2) is 29.2 Å². The summed E-state index contributed by atoms with van der Waals surface area (Å²) in [6, 6.07) is 6.25. The number of hydrogen-bond acceptors (Lipinski definition) is 3. The second-order valence-corrected chi connectivity index (χ2v) is 6.23. The van der Waals surface area contributed by atoms with Gasteiger partial charge in [-0.2, -0.15) is 0 Å². The lowest BCUT2D eigenvalue weighted by atomic mass is 9.89. The Balaban J connectivity index is 1.69. The molecule has 2 aromatic heterocycles. The number of aromatic nitrogens is 3. The number of nitrogens with one attached hydrogen (secondary N) is 4. The second-order valence-electron chi connectivity index (χ2n) is 6.23. The van der Waals surface area contributed by atoms with E-state index in [0.717, 1.165) is 37.0 Å². The Bertz CT molecular complexity index is 884. The molecule has 120 valence electrons. The van der Waals surface area contributed by atoms with Crippen molar-refractivity contribution in [1.29, 1.82) is 0 Å². The van der Waals surface area contributed by atoms with Crippen molar-refractivity contribution in [2.75, 3.05) is 13.1 Å². The monoisotopic (exact) mass is 312 g/mol. The van der Waals surface area contributed by atoms with Gasteiger partial charge < -0.3 is 20.4 Å². The smallest absolute Gasteiger partial charge is 0.325 e. The maximum absolute atomic E-state index is 11.3. The number of rotatable bonds is 3. The molecule has 0 aliphatic carbocycles. The summed E-state index contributed by atoms with van der Waals surface area (Å²) < 4.78 is 0. The van der Waals surface area contributed by atoms with E-state index in [1.807, 2.05) is 6.07 Å². The number of aromatic amines is 3. The minimum absolute atomic E-state index is 0.0808. The summed E-state index contributed by atoms with van der Waals surface area (Å²) in [5, 5.41) is 14.4. The molecule has 1 aliphatic heterocycles. The summed E-state index contributed by atoms with van der Waals surface area (Å²) in [6.45, 7) is 2.13. The minimum atomic E-state index is -0.379. The highest BCUT2D eigenvalue weighted by Crippen LogP contribution is 2.32. The van der Waals surface area contributed by atoms with E-state index in [0.29, 0.717) is 18.0 Å². The Kier molecular flexibility index (Phi) is 3.46. The molecular weight excluding hydrogens is 292 g/mol. The second kappa shape index (κ2) is 5.62. The summed E-state index contributed by atoms with van der Waals surface area (Å²) in [5.41, 5.74) is 3.71. The third kappa shape index (κ3) is 2.66. The SMILES string of the molecule is O=c1[nH]c(O)c(Cc2ccc3[nH]cc(C4CCNCC4)c3c2)[nH]1. The first-order valence-electron chi connectivity index (χ1n) is 8.01. The third-order valence-corrected chi connectivity index (χ3v) is 4.72. The quantitative estimate of drug-likeness (QED) is 0.511. The molecule has 6 heteroatoms. The van der Waals surface area contributed by atoms with E-state index in [1.54, 1.807) is 0 Å². The number of aromatic hydroxyl groups is 1. The van der Waals surface area contributed by atoms with Crippen LogP contribution in [0.4, 0.5) is 0 Å². The van der Waals surface area contributed by atoms with Gasteiger partial charge in [-0.3, -0.25) is 4.98 Å². The van der Waals surface area contributed by atoms with Gasteiger partial charge in [-0.1, -0.05) is 6.07 Å². The van der Waals surface area contributed by atoms with E-state index in [1.165, 1.54) is 10.9 Å². The first kappa shape index (κ1) is 14.1. The van der Waals surface area contributed by atoms with Gasteiger partial charge in [-0.05, 0) is 55.1 Å². The average molecular weight is 312 g/mol. The molecule has 0 saturated carbocycles. The van der Waals surface area contributed by atoms with E-state index in [-0.39, 0.29) is 11.6 Å². The molecule has 6 nitrogen and oxygen atoms in total. The van der Waals surface area contributed by atoms with Gasteiger partial charge in [0.25, 0.3) is 0 Å². The van der Waals surface area contributed by atoms with E-state index in [9.17, 15) is 9.90 Å². The van der Waals surface area contributed by atoms with Crippen LogP contribution in [0, 0.1) is 0 Å². The molecule has 1 saturated heterocycles. The van der Waals surface area contributed by atoms with Crippen LogP contribution in [-0.2, 0) is 6.42 Å². The summed E-state index contributed by atoms with van der Waals surface area (Å²) >= 11 is 0. The molecule has 0 spiro atoms. The molecule has 4 rings (SSSR count). The van der Waals surface area contributed by atoms with Gasteiger partial charge in [0.2, 0.25) is 5.88 Å². The molecule has 5 N–H and O–H groups in total. The van der Waals surface area contributed by atoms with Gasteiger partial charge in [-0.15, -0.1) is 0 Å². The molecule has 0 atom stereocenters. The average Bonchev–Trinajstić information content (AvgIpc) is 3.11. The number of fused-ring (bicyclic) bond motifs is 1. The predicted molar refractivity (Wildman–Crippen MR) is 89.0 cm³/mol. The van der Waals surface area contributed by atoms with Gasteiger partial charge in [0.15, 0.2) is 0 Å². The molecule has 1 aromatic carbocycles. The van der Waals surface area contributed by atoms with Gasteiger partial charge in [0.1, 0.15) is 0 Å². The third-order valence-electron chi connectivity index (χ3n) is 4.72. The molecular formula is C17H20N4O2. The standard InChI is InChI=1S/C17H20N4O2/c22-16-15(20-17(23)21-16)8-10-1-2-14-12(7-10)13(9-19-14)11-3-5-18-6-4-11/h1-2,7,9,11,18-19,22H,3-6,8H2,(H2,20,21,23). The maximum Gasteiger partial charge on any atom is 0.325 e. The molecule has 3 aromatic rings. The summed E-state index contributed by atoms with van der Waals surface area (Å²) in [6.07, 6.45) is 4.93. The van der Waals surface area contributed by atoms with Crippen molar-refractivity contribution < 1.29 is 5.11 Å². The topological polar surface area (TPSA) is 96.7 Å². The lowest BCUT2D eigenvalue weighted by Gasteiger charge is -2.22. The van der Waals surface area contributed by atoms with Crippen LogP contribution < -0.4 is 11.0 Å². The van der Waals surface area contributed by atoms with Crippen LogP contribution in [0.1, 0.15) is 35.6 Å². The number of imidazole rings is 1. The van der Waals surface area contributed by atoms with Crippen LogP contribution >= 0.6 is 0 Å². The Labute approximate surface area is 132 Å². The van der Waals surface area contributed by atoms with Crippen molar-refractivity contribution in [3.05, 3.63) is 51.7 Å². The Morgan fingerprint density at radius 3 is 2.74 bits per heavy atom. The summed E-state index contributed by atoms with van der Waals surface area (Å²) in [7, 11) is 0. The van der Waals surface area contributed by atoms with Gasteiger partial charge in [0, 0.05) is 23.5 Å². The summed E-state index contributed by atoms with van der Waals surface area (Å²) in [4.78, 5) is 19.6. The molecule has 0 radical (unpaired) electrons. The van der Waals surface area contributed by atoms with Gasteiger partial charge in [-0.25, -0.2) is 4.79 Å². The molecule has 0 unspecified atom stereocenters. The van der Waals surface area contributed by atoms with Crippen molar-refractivity contribution >= 4 is 10.9 Å². The zero-order chi connectivity index (χ0) is 15.8. The van der Waals surface area contributed by atoms with Crippen LogP contribution in [0.2, 0.25) is 0 Å². The van der Waals surface area contributed by atoms with E-state index in [4.69, 9.17) is 0 Å². The summed E-state index contributed by atoms with van der Waals surface area (Å²) in [5.74, 6) is 0.503. The van der Waals surface area contributed by atoms with Crippen molar-refractivity contribution in [2.45, 2.75) is 25.2 Å². The first-order valence-corrected chi connectivity index (χ1v) is 8.01. The van der Waals surface area contributed by atoms with Gasteiger partial charge >= 0.3 is 5.69 Å². The van der Waals surface area contributed by atoms with Crippen LogP contribution in [-0.4, -0.2) is 33.1 Å². The molecule has 1 aliphatic rings. The van der Waals surface area contributed by atoms with Crippen molar-refractivity contribution in [3.8, 4) is 5.88 Å². The first-order chi connectivity index (χ1) is 11.2. The molecule has 1 fully saturated rings. The van der Waals surface area contributed by atoms with Gasteiger partial charge in [0.05, 0.1) is 5.69 Å². The number of benzene rings is 1. The fraction of sp³-hybridized carbons (Fsp3) is 0.353. The highest BCUT2D eigenvalue weighted by atomic mass is 16.3. The van der Waals surface area contributed by atoms with E-state index >= 15 is 0 Å². The van der Waals surface area contributed by atoms with Crippen LogP contribution in [0.3, 0.4) is 0 Å². The molecule has 0 amide bonds. The Morgan fingerprint density at radius 2 is 2.00 bits per heavy atom. The highest BCUT2D eigenvalue weighted by Gasteiger charge is 2.18. The lowest BCUT2D eigenvalue weighted by Crippen LogP contribution is -2.26. The van der Waals surface area contributed by atoms with E-state index in [2.05, 4.69) is 38.6 Å². The zero-order valence-electron chi connectivity index (χ0n) is 12.8. The van der Waals surface area contributed by atoms with Crippen LogP contribution in [0.5, 0.6) is 5.88 Å². The molecule has 0 bridgehead atoms. The fourth-order valence-corrected chi connectivity index (χ4v) is 3.51. The van der Waals surface area contributed by atoms with E-state index < -0.39 is 0 Å². The largest absolute Gasteiger partial charge is 0.493 e. The van der Waals surface area contributed by atoms with Crippen molar-refractivity contribution in [1.82, 2.24) is 20.3 Å². The number of piperidine rings is 1. The number of H-pyrrole nitrogens is 3. The molecule has 3 heterocycles.